The molecule has 0 aromatic rings. The smallest absolute Gasteiger partial charge is 0.410 e. The Labute approximate surface area is 110 Å². The molecule has 4 heteroatoms. The first kappa shape index (κ1) is 13.7. The Bertz CT molecular complexity index is 307. The van der Waals surface area contributed by atoms with Crippen LogP contribution in [0.25, 0.3) is 0 Å². The molecule has 2 fully saturated rings. The van der Waals surface area contributed by atoms with Crippen LogP contribution in [0.1, 0.15) is 40.0 Å². The van der Waals surface area contributed by atoms with Crippen LogP contribution in [0.5, 0.6) is 0 Å². The number of rotatable bonds is 3. The highest BCUT2D eigenvalue weighted by Gasteiger charge is 2.44. The molecule has 2 aliphatic rings. The van der Waals surface area contributed by atoms with E-state index in [9.17, 15) is 4.79 Å². The van der Waals surface area contributed by atoms with Crippen molar-refractivity contribution in [1.82, 2.24) is 4.90 Å². The summed E-state index contributed by atoms with van der Waals surface area (Å²) in [6.45, 7) is 8.15. The number of ether oxygens (including phenoxy) is 1. The van der Waals surface area contributed by atoms with Crippen molar-refractivity contribution in [2.45, 2.75) is 45.6 Å². The van der Waals surface area contributed by atoms with Crippen LogP contribution in [0.4, 0.5) is 4.79 Å². The topological polar surface area (TPSA) is 55.6 Å². The van der Waals surface area contributed by atoms with Crippen molar-refractivity contribution in [3.8, 4) is 0 Å². The van der Waals surface area contributed by atoms with Gasteiger partial charge in [-0.1, -0.05) is 0 Å². The molecule has 2 rings (SSSR count). The second-order valence-electron chi connectivity index (χ2n) is 6.72. The van der Waals surface area contributed by atoms with Crippen LogP contribution in [0, 0.1) is 17.8 Å². The third kappa shape index (κ3) is 3.37. The van der Waals surface area contributed by atoms with Crippen LogP contribution in [0.15, 0.2) is 0 Å². The average molecular weight is 254 g/mol. The number of hydrogen-bond acceptors (Lipinski definition) is 3. The number of likely N-dealkylation sites (tertiary alicyclic amines) is 1. The van der Waals surface area contributed by atoms with Crippen molar-refractivity contribution in [2.75, 3.05) is 19.6 Å². The fourth-order valence-corrected chi connectivity index (χ4v) is 2.95. The first-order valence-corrected chi connectivity index (χ1v) is 7.08. The highest BCUT2D eigenvalue weighted by molar-refractivity contribution is 5.68. The van der Waals surface area contributed by atoms with Crippen molar-refractivity contribution in [3.63, 3.8) is 0 Å². The highest BCUT2D eigenvalue weighted by atomic mass is 16.6. The van der Waals surface area contributed by atoms with Crippen LogP contribution in [0.2, 0.25) is 0 Å². The van der Waals surface area contributed by atoms with Gasteiger partial charge in [0.1, 0.15) is 5.60 Å². The van der Waals surface area contributed by atoms with Crippen LogP contribution in [-0.2, 0) is 4.74 Å². The molecule has 0 aromatic carbocycles. The van der Waals surface area contributed by atoms with E-state index >= 15 is 0 Å². The lowest BCUT2D eigenvalue weighted by Gasteiger charge is -2.24. The summed E-state index contributed by atoms with van der Waals surface area (Å²) in [6.07, 6.45) is 3.52. The molecule has 1 saturated carbocycles. The van der Waals surface area contributed by atoms with E-state index in [4.69, 9.17) is 10.5 Å². The number of amides is 1. The summed E-state index contributed by atoms with van der Waals surface area (Å²) < 4.78 is 5.45. The van der Waals surface area contributed by atoms with Gasteiger partial charge in [0.2, 0.25) is 0 Å². The number of nitrogens with two attached hydrogens (primary N) is 1. The molecule has 2 N–H and O–H groups in total. The van der Waals surface area contributed by atoms with Crippen LogP contribution in [0.3, 0.4) is 0 Å². The summed E-state index contributed by atoms with van der Waals surface area (Å²) >= 11 is 0. The summed E-state index contributed by atoms with van der Waals surface area (Å²) in [6, 6.07) is 0. The molecule has 1 aliphatic carbocycles. The zero-order valence-electron chi connectivity index (χ0n) is 11.8. The van der Waals surface area contributed by atoms with Gasteiger partial charge in [0.05, 0.1) is 0 Å². The second kappa shape index (κ2) is 5.08. The van der Waals surface area contributed by atoms with Gasteiger partial charge in [-0.2, -0.15) is 0 Å². The van der Waals surface area contributed by atoms with Crippen molar-refractivity contribution >= 4 is 6.09 Å². The molecule has 0 aromatic heterocycles. The van der Waals surface area contributed by atoms with E-state index in [0.717, 1.165) is 32.0 Å². The third-order valence-corrected chi connectivity index (χ3v) is 3.91. The Morgan fingerprint density at radius 3 is 2.50 bits per heavy atom. The molecule has 18 heavy (non-hydrogen) atoms. The highest BCUT2D eigenvalue weighted by Crippen LogP contribution is 2.45. The Morgan fingerprint density at radius 2 is 2.00 bits per heavy atom. The molecule has 0 spiro atoms. The van der Waals surface area contributed by atoms with E-state index in [1.807, 2.05) is 25.7 Å². The van der Waals surface area contributed by atoms with Gasteiger partial charge < -0.3 is 15.4 Å². The SMILES string of the molecule is CC(C)(C)OC(=O)N1CC(CCN)C(C2CC2)C1. The summed E-state index contributed by atoms with van der Waals surface area (Å²) in [4.78, 5) is 14.0. The minimum atomic E-state index is -0.405. The van der Waals surface area contributed by atoms with Crippen molar-refractivity contribution in [2.24, 2.45) is 23.5 Å². The van der Waals surface area contributed by atoms with Gasteiger partial charge in [-0.15, -0.1) is 0 Å². The zero-order chi connectivity index (χ0) is 13.3. The quantitative estimate of drug-likeness (QED) is 0.840. The molecular formula is C14H26N2O2. The number of carbonyl (C=O) groups excluding carboxylic acids is 1. The van der Waals surface area contributed by atoms with E-state index in [0.29, 0.717) is 11.8 Å². The number of hydrogen-bond donors (Lipinski definition) is 1. The van der Waals surface area contributed by atoms with E-state index < -0.39 is 5.60 Å². The molecule has 1 heterocycles. The van der Waals surface area contributed by atoms with Gasteiger partial charge in [0.25, 0.3) is 0 Å². The largest absolute Gasteiger partial charge is 0.444 e. The van der Waals surface area contributed by atoms with Gasteiger partial charge in [-0.25, -0.2) is 4.79 Å². The number of nitrogens with zero attached hydrogens (tertiary/aromatic N) is 1. The first-order chi connectivity index (χ1) is 8.40. The molecule has 2 atom stereocenters. The first-order valence-electron chi connectivity index (χ1n) is 7.08. The van der Waals surface area contributed by atoms with Crippen molar-refractivity contribution in [3.05, 3.63) is 0 Å². The monoisotopic (exact) mass is 254 g/mol. The Hall–Kier alpha value is -0.770. The Morgan fingerprint density at radius 1 is 1.33 bits per heavy atom. The number of carbonyl (C=O) groups is 1. The average Bonchev–Trinajstić information content (AvgIpc) is 2.98. The lowest BCUT2D eigenvalue weighted by Crippen LogP contribution is -2.35. The molecule has 1 amide bonds. The summed E-state index contributed by atoms with van der Waals surface area (Å²) in [7, 11) is 0. The maximum absolute atomic E-state index is 12.1. The predicted molar refractivity (Wildman–Crippen MR) is 71.2 cm³/mol. The maximum Gasteiger partial charge on any atom is 0.410 e. The lowest BCUT2D eigenvalue weighted by molar-refractivity contribution is 0.0282. The molecule has 1 aliphatic heterocycles. The van der Waals surface area contributed by atoms with Crippen molar-refractivity contribution < 1.29 is 9.53 Å². The zero-order valence-corrected chi connectivity index (χ0v) is 11.8. The van der Waals surface area contributed by atoms with Gasteiger partial charge in [-0.3, -0.25) is 0 Å². The van der Waals surface area contributed by atoms with Gasteiger partial charge in [-0.05, 0) is 64.3 Å². The Balaban J connectivity index is 1.93. The van der Waals surface area contributed by atoms with Gasteiger partial charge in [0, 0.05) is 13.1 Å². The van der Waals surface area contributed by atoms with Crippen LogP contribution >= 0.6 is 0 Å². The third-order valence-electron chi connectivity index (χ3n) is 3.91. The van der Waals surface area contributed by atoms with Crippen LogP contribution < -0.4 is 5.73 Å². The molecule has 1 saturated heterocycles. The van der Waals surface area contributed by atoms with E-state index in [1.54, 1.807) is 0 Å². The van der Waals surface area contributed by atoms with Gasteiger partial charge in [0.15, 0.2) is 0 Å². The predicted octanol–water partition coefficient (Wildman–Crippen LogP) is 2.23. The Kier molecular flexibility index (Phi) is 3.85. The molecule has 2 unspecified atom stereocenters. The molecule has 4 nitrogen and oxygen atoms in total. The van der Waals surface area contributed by atoms with Gasteiger partial charge >= 0.3 is 6.09 Å². The lowest BCUT2D eigenvalue weighted by atomic mass is 9.89. The summed E-state index contributed by atoms with van der Waals surface area (Å²) in [5.74, 6) is 2.06. The molecule has 0 radical (unpaired) electrons. The second-order valence-corrected chi connectivity index (χ2v) is 6.72. The fraction of sp³-hybridized carbons (Fsp3) is 0.929. The molecule has 104 valence electrons. The van der Waals surface area contributed by atoms with E-state index in [-0.39, 0.29) is 6.09 Å². The van der Waals surface area contributed by atoms with Crippen molar-refractivity contribution in [1.29, 1.82) is 0 Å². The minimum absolute atomic E-state index is 0.160. The molecular weight excluding hydrogens is 228 g/mol. The fourth-order valence-electron chi connectivity index (χ4n) is 2.95. The minimum Gasteiger partial charge on any atom is -0.444 e. The normalized spacial score (nSPS) is 28.6. The maximum atomic E-state index is 12.1. The van der Waals surface area contributed by atoms with E-state index in [1.165, 1.54) is 12.8 Å². The standard InChI is InChI=1S/C14H26N2O2/c1-14(2,3)18-13(17)16-8-11(6-7-15)12(9-16)10-4-5-10/h10-12H,4-9,15H2,1-3H3. The molecule has 0 bridgehead atoms. The van der Waals surface area contributed by atoms with E-state index in [2.05, 4.69) is 0 Å². The summed E-state index contributed by atoms with van der Waals surface area (Å²) in [5.41, 5.74) is 5.28. The van der Waals surface area contributed by atoms with Crippen LogP contribution in [-0.4, -0.2) is 36.2 Å². The summed E-state index contributed by atoms with van der Waals surface area (Å²) in [5, 5.41) is 0.